The maximum Gasteiger partial charge on any atom is 0.416 e. The van der Waals surface area contributed by atoms with Crippen molar-refractivity contribution in [3.63, 3.8) is 0 Å². The summed E-state index contributed by atoms with van der Waals surface area (Å²) in [4.78, 5) is 29.7. The van der Waals surface area contributed by atoms with Gasteiger partial charge >= 0.3 is 12.3 Å². The number of nitrogens with zero attached hydrogens (tertiary/aromatic N) is 3. The number of hydrogen-bond acceptors (Lipinski definition) is 4. The third-order valence-electron chi connectivity index (χ3n) is 6.05. The monoisotopic (exact) mass is 462 g/mol. The van der Waals surface area contributed by atoms with Crippen LogP contribution in [0.1, 0.15) is 27.0 Å². The number of carbonyl (C=O) groups excluding carboxylic acids is 1. The zero-order valence-corrected chi connectivity index (χ0v) is 18.2. The van der Waals surface area contributed by atoms with Gasteiger partial charge in [0, 0.05) is 50.5 Å². The number of amides is 2. The first kappa shape index (κ1) is 23.1. The van der Waals surface area contributed by atoms with Crippen molar-refractivity contribution < 1.29 is 27.9 Å². The van der Waals surface area contributed by atoms with Crippen LogP contribution in [-0.2, 0) is 19.1 Å². The van der Waals surface area contributed by atoms with Crippen LogP contribution in [0.25, 0.3) is 0 Å². The Morgan fingerprint density at radius 3 is 2.42 bits per heavy atom. The molecule has 0 saturated carbocycles. The van der Waals surface area contributed by atoms with Crippen molar-refractivity contribution in [2.45, 2.75) is 19.1 Å². The highest BCUT2D eigenvalue weighted by molar-refractivity contribution is 6.05. The van der Waals surface area contributed by atoms with Crippen molar-refractivity contribution in [1.82, 2.24) is 9.80 Å². The van der Waals surface area contributed by atoms with E-state index in [1.54, 1.807) is 12.1 Å². The zero-order valence-electron chi connectivity index (χ0n) is 18.2. The normalized spacial score (nSPS) is 17.2. The molecule has 2 heterocycles. The minimum atomic E-state index is -4.58. The molecule has 0 spiro atoms. The van der Waals surface area contributed by atoms with Crippen LogP contribution >= 0.6 is 0 Å². The molecule has 0 bridgehead atoms. The van der Waals surface area contributed by atoms with Gasteiger partial charge in [-0.3, -0.25) is 14.6 Å². The Labute approximate surface area is 189 Å². The van der Waals surface area contributed by atoms with E-state index in [1.807, 2.05) is 7.05 Å². The third kappa shape index (κ3) is 5.28. The molecular weight excluding hydrogens is 437 g/mol. The van der Waals surface area contributed by atoms with Crippen molar-refractivity contribution in [1.29, 1.82) is 0 Å². The van der Waals surface area contributed by atoms with Crippen LogP contribution < -0.4 is 10.2 Å². The molecule has 0 unspecified atom stereocenters. The highest BCUT2D eigenvalue weighted by Crippen LogP contribution is 2.33. The lowest BCUT2D eigenvalue weighted by molar-refractivity contribution is -0.137. The van der Waals surface area contributed by atoms with E-state index in [0.717, 1.165) is 43.9 Å². The number of likely N-dealkylation sites (N-methyl/N-ethyl adjacent to an activating group) is 1. The van der Waals surface area contributed by atoms with E-state index in [1.165, 1.54) is 17.0 Å². The second-order valence-electron chi connectivity index (χ2n) is 8.48. The van der Waals surface area contributed by atoms with Crippen molar-refractivity contribution in [2.24, 2.45) is 0 Å². The summed E-state index contributed by atoms with van der Waals surface area (Å²) in [6.45, 7) is 3.79. The first-order valence-electron chi connectivity index (χ1n) is 10.7. The quantitative estimate of drug-likeness (QED) is 0.724. The topological polar surface area (TPSA) is 76.1 Å². The van der Waals surface area contributed by atoms with Crippen LogP contribution in [0, 0.1) is 0 Å². The average Bonchev–Trinajstić information content (AvgIpc) is 3.18. The average molecular weight is 462 g/mol. The van der Waals surface area contributed by atoms with Gasteiger partial charge in [-0.15, -0.1) is 0 Å². The molecule has 7 nitrogen and oxygen atoms in total. The molecule has 4 rings (SSSR count). The predicted octanol–water partition coefficient (Wildman–Crippen LogP) is 3.75. The van der Waals surface area contributed by atoms with Crippen molar-refractivity contribution >= 4 is 23.4 Å². The van der Waals surface area contributed by atoms with Crippen molar-refractivity contribution in [3.8, 4) is 0 Å². The lowest BCUT2D eigenvalue weighted by Crippen LogP contribution is -2.43. The van der Waals surface area contributed by atoms with Crippen LogP contribution in [-0.4, -0.2) is 66.7 Å². The standard InChI is InChI=1S/C23H25F3N4O3/c1-28-6-8-29(9-7-28)14-15-10-17(12-18(11-15)23(24,25)26)21(31)27-19-3-2-16-4-5-30(22(32)33)20(16)13-19/h2-3,10-13H,4-9,14H2,1H3,(H,27,31)(H,32,33). The summed E-state index contributed by atoms with van der Waals surface area (Å²) in [5, 5.41) is 11.9. The number of rotatable bonds is 4. The SMILES string of the molecule is CN1CCN(Cc2cc(C(=O)Nc3ccc4c(c3)N(C(=O)O)CC4)cc(C(F)(F)F)c2)CC1. The first-order chi connectivity index (χ1) is 15.6. The molecule has 2 aromatic carbocycles. The number of halogens is 3. The number of benzene rings is 2. The molecular formula is C23H25F3N4O3. The molecule has 1 fully saturated rings. The van der Waals surface area contributed by atoms with Crippen molar-refractivity contribution in [3.05, 3.63) is 58.7 Å². The molecule has 33 heavy (non-hydrogen) atoms. The van der Waals surface area contributed by atoms with E-state index in [4.69, 9.17) is 0 Å². The molecule has 2 aliphatic rings. The Kier molecular flexibility index (Phi) is 6.31. The summed E-state index contributed by atoms with van der Waals surface area (Å²) < 4.78 is 40.6. The maximum atomic E-state index is 13.5. The highest BCUT2D eigenvalue weighted by Gasteiger charge is 2.32. The van der Waals surface area contributed by atoms with Crippen LogP contribution in [0.5, 0.6) is 0 Å². The van der Waals surface area contributed by atoms with E-state index in [9.17, 15) is 27.9 Å². The molecule has 0 atom stereocenters. The summed E-state index contributed by atoms with van der Waals surface area (Å²) in [7, 11) is 2.00. The van der Waals surface area contributed by atoms with E-state index in [0.29, 0.717) is 36.4 Å². The Hall–Kier alpha value is -3.11. The van der Waals surface area contributed by atoms with Crippen LogP contribution in [0.4, 0.5) is 29.3 Å². The highest BCUT2D eigenvalue weighted by atomic mass is 19.4. The van der Waals surface area contributed by atoms with Gasteiger partial charge in [-0.05, 0) is 54.9 Å². The lowest BCUT2D eigenvalue weighted by Gasteiger charge is -2.32. The number of nitrogens with one attached hydrogen (secondary N) is 1. The van der Waals surface area contributed by atoms with E-state index < -0.39 is 23.7 Å². The Bertz CT molecular complexity index is 1070. The van der Waals surface area contributed by atoms with Gasteiger partial charge in [0.2, 0.25) is 0 Å². The summed E-state index contributed by atoms with van der Waals surface area (Å²) in [5.41, 5.74) is 1.09. The minimum Gasteiger partial charge on any atom is -0.465 e. The van der Waals surface area contributed by atoms with E-state index in [2.05, 4.69) is 15.1 Å². The maximum absolute atomic E-state index is 13.5. The molecule has 2 aliphatic heterocycles. The van der Waals surface area contributed by atoms with Gasteiger partial charge in [0.25, 0.3) is 5.91 Å². The fraction of sp³-hybridized carbons (Fsp3) is 0.391. The van der Waals surface area contributed by atoms with Gasteiger partial charge in [0.15, 0.2) is 0 Å². The van der Waals surface area contributed by atoms with Gasteiger partial charge in [-0.2, -0.15) is 13.2 Å². The van der Waals surface area contributed by atoms with Crippen molar-refractivity contribution in [2.75, 3.05) is 50.0 Å². The van der Waals surface area contributed by atoms with Crippen LogP contribution in [0.15, 0.2) is 36.4 Å². The number of alkyl halides is 3. The number of anilines is 2. The van der Waals surface area contributed by atoms with Gasteiger partial charge < -0.3 is 15.3 Å². The van der Waals surface area contributed by atoms with Crippen LogP contribution in [0.3, 0.4) is 0 Å². The van der Waals surface area contributed by atoms with E-state index in [-0.39, 0.29) is 5.56 Å². The molecule has 1 saturated heterocycles. The Balaban J connectivity index is 1.57. The zero-order chi connectivity index (χ0) is 23.8. The number of carbonyl (C=O) groups is 2. The molecule has 2 amide bonds. The van der Waals surface area contributed by atoms with Crippen LogP contribution in [0.2, 0.25) is 0 Å². The largest absolute Gasteiger partial charge is 0.465 e. The Morgan fingerprint density at radius 1 is 1.03 bits per heavy atom. The number of carboxylic acid groups (broad SMARTS) is 1. The van der Waals surface area contributed by atoms with Gasteiger partial charge in [0.1, 0.15) is 0 Å². The second kappa shape index (κ2) is 9.03. The molecule has 10 heteroatoms. The molecule has 176 valence electrons. The lowest BCUT2D eigenvalue weighted by atomic mass is 10.0. The molecule has 0 aliphatic carbocycles. The van der Waals surface area contributed by atoms with Gasteiger partial charge in [-0.1, -0.05) is 6.07 Å². The third-order valence-corrected chi connectivity index (χ3v) is 6.05. The summed E-state index contributed by atoms with van der Waals surface area (Å²) in [6, 6.07) is 8.31. The Morgan fingerprint density at radius 2 is 1.76 bits per heavy atom. The fourth-order valence-electron chi connectivity index (χ4n) is 4.20. The first-order valence-corrected chi connectivity index (χ1v) is 10.7. The summed E-state index contributed by atoms with van der Waals surface area (Å²) >= 11 is 0. The summed E-state index contributed by atoms with van der Waals surface area (Å²) in [5.74, 6) is -0.680. The molecule has 0 radical (unpaired) electrons. The molecule has 2 aromatic rings. The number of fused-ring (bicyclic) bond motifs is 1. The number of piperazine rings is 1. The molecule has 0 aromatic heterocycles. The second-order valence-corrected chi connectivity index (χ2v) is 8.48. The van der Waals surface area contributed by atoms with E-state index >= 15 is 0 Å². The smallest absolute Gasteiger partial charge is 0.416 e. The van der Waals surface area contributed by atoms with Gasteiger partial charge in [-0.25, -0.2) is 4.79 Å². The minimum absolute atomic E-state index is 0.0930. The molecule has 2 N–H and O–H groups in total. The predicted molar refractivity (Wildman–Crippen MR) is 118 cm³/mol. The van der Waals surface area contributed by atoms with Gasteiger partial charge in [0.05, 0.1) is 11.3 Å². The summed E-state index contributed by atoms with van der Waals surface area (Å²) in [6.07, 6.45) is -5.11. The fourth-order valence-corrected chi connectivity index (χ4v) is 4.20. The number of hydrogen-bond donors (Lipinski definition) is 2.